The Morgan fingerprint density at radius 1 is 1.00 bits per heavy atom. The highest BCUT2D eigenvalue weighted by molar-refractivity contribution is 5.88. The minimum atomic E-state index is 0.289. The van der Waals surface area contributed by atoms with Crippen molar-refractivity contribution in [2.75, 3.05) is 0 Å². The van der Waals surface area contributed by atoms with Crippen LogP contribution >= 0.6 is 0 Å². The molecule has 84 valence electrons. The molecule has 0 saturated heterocycles. The third-order valence-corrected chi connectivity index (χ3v) is 2.41. The van der Waals surface area contributed by atoms with Gasteiger partial charge >= 0.3 is 0 Å². The number of furan rings is 1. The summed E-state index contributed by atoms with van der Waals surface area (Å²) in [6.45, 7) is 0. The van der Waals surface area contributed by atoms with Gasteiger partial charge in [-0.3, -0.25) is 9.59 Å². The van der Waals surface area contributed by atoms with Gasteiger partial charge in [-0.05, 0) is 23.3 Å². The van der Waals surface area contributed by atoms with Gasteiger partial charge in [0, 0.05) is 5.56 Å². The zero-order chi connectivity index (χ0) is 12.1. The van der Waals surface area contributed by atoms with Crippen LogP contribution in [0.3, 0.4) is 0 Å². The molecule has 1 heterocycles. The van der Waals surface area contributed by atoms with Gasteiger partial charge in [-0.2, -0.15) is 0 Å². The molecule has 3 heteroatoms. The molecule has 17 heavy (non-hydrogen) atoms. The fourth-order valence-corrected chi connectivity index (χ4v) is 1.67. The summed E-state index contributed by atoms with van der Waals surface area (Å²) >= 11 is 0. The van der Waals surface area contributed by atoms with Crippen molar-refractivity contribution in [2.24, 2.45) is 0 Å². The van der Waals surface area contributed by atoms with Crippen molar-refractivity contribution in [2.45, 2.75) is 0 Å². The van der Waals surface area contributed by atoms with Gasteiger partial charge in [0.25, 0.3) is 0 Å². The number of carbonyl (C=O) groups is 2. The van der Waals surface area contributed by atoms with E-state index in [1.54, 1.807) is 12.1 Å². The van der Waals surface area contributed by atoms with Crippen LogP contribution in [0.2, 0.25) is 0 Å². The third kappa shape index (κ3) is 2.23. The van der Waals surface area contributed by atoms with Crippen LogP contribution in [0.25, 0.3) is 17.2 Å². The van der Waals surface area contributed by atoms with Gasteiger partial charge in [-0.25, -0.2) is 0 Å². The monoisotopic (exact) mass is 226 g/mol. The first-order valence-corrected chi connectivity index (χ1v) is 5.10. The number of aldehydes is 2. The summed E-state index contributed by atoms with van der Waals surface area (Å²) in [5.74, 6) is 0.289. The van der Waals surface area contributed by atoms with Crippen molar-refractivity contribution in [1.82, 2.24) is 0 Å². The lowest BCUT2D eigenvalue weighted by Crippen LogP contribution is -1.85. The Bertz CT molecular complexity index is 564. The highest BCUT2D eigenvalue weighted by Gasteiger charge is 2.09. The van der Waals surface area contributed by atoms with E-state index >= 15 is 0 Å². The summed E-state index contributed by atoms with van der Waals surface area (Å²) in [4.78, 5) is 21.2. The molecule has 0 aliphatic heterocycles. The number of benzene rings is 1. The molecule has 2 rings (SSSR count). The van der Waals surface area contributed by atoms with Crippen LogP contribution in [0, 0.1) is 0 Å². The summed E-state index contributed by atoms with van der Waals surface area (Å²) < 4.78 is 5.07. The minimum absolute atomic E-state index is 0.289. The highest BCUT2D eigenvalue weighted by atomic mass is 16.3. The molecule has 0 N–H and O–H groups in total. The Kier molecular flexibility index (Phi) is 3.31. The molecule has 0 aliphatic carbocycles. The molecule has 0 spiro atoms. The number of rotatable bonds is 4. The van der Waals surface area contributed by atoms with Crippen LogP contribution in [-0.4, -0.2) is 12.6 Å². The van der Waals surface area contributed by atoms with Crippen LogP contribution in [0.15, 0.2) is 47.1 Å². The largest absolute Gasteiger partial charge is 0.461 e. The Morgan fingerprint density at radius 3 is 2.59 bits per heavy atom. The van der Waals surface area contributed by atoms with Crippen LogP contribution in [0.4, 0.5) is 0 Å². The lowest BCUT2D eigenvalue weighted by Gasteiger charge is -2.03. The summed E-state index contributed by atoms with van der Waals surface area (Å²) in [6, 6.07) is 9.22. The Hall–Kier alpha value is -2.42. The van der Waals surface area contributed by atoms with E-state index < -0.39 is 0 Å². The lowest BCUT2D eigenvalue weighted by atomic mass is 10.00. The molecule has 0 saturated carbocycles. The second kappa shape index (κ2) is 5.07. The average molecular weight is 226 g/mol. The molecule has 2 aromatic rings. The van der Waals surface area contributed by atoms with E-state index in [9.17, 15) is 9.59 Å². The van der Waals surface area contributed by atoms with E-state index in [4.69, 9.17) is 4.42 Å². The summed E-state index contributed by atoms with van der Waals surface area (Å²) in [6.07, 6.45) is 5.98. The molecule has 0 aliphatic rings. The van der Waals surface area contributed by atoms with Crippen molar-refractivity contribution in [1.29, 1.82) is 0 Å². The topological polar surface area (TPSA) is 47.3 Å². The third-order valence-electron chi connectivity index (χ3n) is 2.41. The van der Waals surface area contributed by atoms with Crippen molar-refractivity contribution >= 4 is 18.6 Å². The van der Waals surface area contributed by atoms with E-state index in [2.05, 4.69) is 0 Å². The molecule has 1 aromatic heterocycles. The van der Waals surface area contributed by atoms with Crippen molar-refractivity contribution in [3.8, 4) is 11.1 Å². The first-order chi connectivity index (χ1) is 8.36. The molecule has 3 nitrogen and oxygen atoms in total. The quantitative estimate of drug-likeness (QED) is 0.594. The fraction of sp³-hybridized carbons (Fsp3) is 0. The number of hydrogen-bond acceptors (Lipinski definition) is 3. The van der Waals surface area contributed by atoms with Gasteiger partial charge in [-0.15, -0.1) is 0 Å². The molecule has 0 fully saturated rings. The number of allylic oxidation sites excluding steroid dienone is 1. The first kappa shape index (κ1) is 11.1. The number of carbonyl (C=O) groups excluding carboxylic acids is 2. The van der Waals surface area contributed by atoms with Crippen LogP contribution in [-0.2, 0) is 4.79 Å². The molecule has 0 unspecified atom stereocenters. The second-order valence-electron chi connectivity index (χ2n) is 3.40. The van der Waals surface area contributed by atoms with Crippen molar-refractivity contribution in [3.05, 3.63) is 54.0 Å². The molecule has 0 amide bonds. The van der Waals surface area contributed by atoms with Crippen LogP contribution in [0.1, 0.15) is 16.1 Å². The molecular weight excluding hydrogens is 216 g/mol. The average Bonchev–Trinajstić information content (AvgIpc) is 2.84. The van der Waals surface area contributed by atoms with E-state index in [1.165, 1.54) is 12.3 Å². The summed E-state index contributed by atoms with van der Waals surface area (Å²) in [5, 5.41) is 0. The molecular formula is C14H10O3. The van der Waals surface area contributed by atoms with Gasteiger partial charge in [-0.1, -0.05) is 30.3 Å². The van der Waals surface area contributed by atoms with E-state index in [-0.39, 0.29) is 5.76 Å². The van der Waals surface area contributed by atoms with Gasteiger partial charge in [0.2, 0.25) is 0 Å². The summed E-state index contributed by atoms with van der Waals surface area (Å²) in [5.41, 5.74) is 2.46. The normalized spacial score (nSPS) is 10.6. The maximum atomic E-state index is 10.8. The van der Waals surface area contributed by atoms with Crippen LogP contribution < -0.4 is 0 Å². The standard InChI is InChI=1S/C14H10O3/c15-8-3-5-11-4-1-2-6-12(11)13-7-9-17-14(13)10-16/h1-10H/b5-3+. The van der Waals surface area contributed by atoms with Gasteiger partial charge in [0.1, 0.15) is 6.29 Å². The maximum absolute atomic E-state index is 10.8. The van der Waals surface area contributed by atoms with Gasteiger partial charge < -0.3 is 4.42 Å². The predicted octanol–water partition coefficient (Wildman–Crippen LogP) is 2.97. The van der Waals surface area contributed by atoms with E-state index in [0.29, 0.717) is 12.6 Å². The molecule has 0 radical (unpaired) electrons. The van der Waals surface area contributed by atoms with Gasteiger partial charge in [0.15, 0.2) is 12.0 Å². The predicted molar refractivity (Wildman–Crippen MR) is 64.6 cm³/mol. The zero-order valence-corrected chi connectivity index (χ0v) is 9.00. The van der Waals surface area contributed by atoms with Crippen molar-refractivity contribution in [3.63, 3.8) is 0 Å². The molecule has 0 atom stereocenters. The smallest absolute Gasteiger partial charge is 0.185 e. The number of hydrogen-bond donors (Lipinski definition) is 0. The minimum Gasteiger partial charge on any atom is -0.461 e. The Balaban J connectivity index is 2.55. The molecule has 0 bridgehead atoms. The van der Waals surface area contributed by atoms with Gasteiger partial charge in [0.05, 0.1) is 6.26 Å². The molecule has 1 aromatic carbocycles. The zero-order valence-electron chi connectivity index (χ0n) is 9.00. The Morgan fingerprint density at radius 2 is 1.82 bits per heavy atom. The fourth-order valence-electron chi connectivity index (χ4n) is 1.67. The summed E-state index contributed by atoms with van der Waals surface area (Å²) in [7, 11) is 0. The SMILES string of the molecule is O=C/C=C/c1ccccc1-c1ccoc1C=O. The maximum Gasteiger partial charge on any atom is 0.185 e. The van der Waals surface area contributed by atoms with E-state index in [0.717, 1.165) is 16.7 Å². The van der Waals surface area contributed by atoms with Crippen molar-refractivity contribution < 1.29 is 14.0 Å². The van der Waals surface area contributed by atoms with E-state index in [1.807, 2.05) is 24.3 Å². The highest BCUT2D eigenvalue weighted by Crippen LogP contribution is 2.27. The lowest BCUT2D eigenvalue weighted by molar-refractivity contribution is -0.104. The first-order valence-electron chi connectivity index (χ1n) is 5.10. The Labute approximate surface area is 98.4 Å². The van der Waals surface area contributed by atoms with Crippen LogP contribution in [0.5, 0.6) is 0 Å². The second-order valence-corrected chi connectivity index (χ2v) is 3.40.